The number of hydrogen-bond acceptors (Lipinski definition) is 4. The van der Waals surface area contributed by atoms with Crippen molar-refractivity contribution in [3.05, 3.63) is 48.2 Å². The van der Waals surface area contributed by atoms with Crippen molar-refractivity contribution in [3.8, 4) is 17.4 Å². The van der Waals surface area contributed by atoms with Gasteiger partial charge in [-0.1, -0.05) is 6.92 Å². The van der Waals surface area contributed by atoms with Crippen molar-refractivity contribution in [1.82, 2.24) is 4.98 Å². The largest absolute Gasteiger partial charge is 0.494 e. The van der Waals surface area contributed by atoms with Crippen molar-refractivity contribution in [3.63, 3.8) is 0 Å². The molecule has 0 aliphatic heterocycles. The number of aliphatic hydroxyl groups is 1. The van der Waals surface area contributed by atoms with Crippen molar-refractivity contribution in [2.45, 2.75) is 20.0 Å². The van der Waals surface area contributed by atoms with Crippen LogP contribution in [0.1, 0.15) is 18.9 Å². The van der Waals surface area contributed by atoms with Gasteiger partial charge in [-0.3, -0.25) is 0 Å². The molecule has 1 heterocycles. The van der Waals surface area contributed by atoms with Gasteiger partial charge in [0.05, 0.1) is 13.2 Å². The Morgan fingerprint density at radius 2 is 1.84 bits per heavy atom. The highest BCUT2D eigenvalue weighted by molar-refractivity contribution is 5.34. The summed E-state index contributed by atoms with van der Waals surface area (Å²) in [5, 5.41) is 9.05. The third-order valence-electron chi connectivity index (χ3n) is 2.50. The van der Waals surface area contributed by atoms with E-state index in [1.807, 2.05) is 24.3 Å². The van der Waals surface area contributed by atoms with Crippen molar-refractivity contribution < 1.29 is 14.6 Å². The zero-order valence-corrected chi connectivity index (χ0v) is 10.9. The second kappa shape index (κ2) is 6.75. The Hall–Kier alpha value is -2.07. The van der Waals surface area contributed by atoms with E-state index in [1.165, 1.54) is 0 Å². The average molecular weight is 259 g/mol. The molecule has 0 saturated carbocycles. The lowest BCUT2D eigenvalue weighted by Gasteiger charge is -2.07. The second-order valence-corrected chi connectivity index (χ2v) is 4.08. The minimum absolute atomic E-state index is 0.0251. The van der Waals surface area contributed by atoms with Crippen LogP contribution in [0.2, 0.25) is 0 Å². The first kappa shape index (κ1) is 13.4. The van der Waals surface area contributed by atoms with Crippen molar-refractivity contribution >= 4 is 0 Å². The second-order valence-electron chi connectivity index (χ2n) is 4.08. The van der Waals surface area contributed by atoms with Crippen LogP contribution < -0.4 is 9.47 Å². The first-order chi connectivity index (χ1) is 9.31. The minimum Gasteiger partial charge on any atom is -0.494 e. The lowest BCUT2D eigenvalue weighted by atomic mass is 10.3. The standard InChI is InChI=1S/C15H17NO3/c1-2-9-18-13-3-5-14(6-4-13)19-15-10-12(11-17)7-8-16-15/h3-8,10,17H,2,9,11H2,1H3. The maximum Gasteiger partial charge on any atom is 0.219 e. The summed E-state index contributed by atoms with van der Waals surface area (Å²) in [6, 6.07) is 10.8. The van der Waals surface area contributed by atoms with Crippen molar-refractivity contribution in [1.29, 1.82) is 0 Å². The van der Waals surface area contributed by atoms with E-state index >= 15 is 0 Å². The van der Waals surface area contributed by atoms with E-state index in [1.54, 1.807) is 18.3 Å². The monoisotopic (exact) mass is 259 g/mol. The quantitative estimate of drug-likeness (QED) is 0.865. The van der Waals surface area contributed by atoms with Crippen LogP contribution in [-0.4, -0.2) is 16.7 Å². The first-order valence-electron chi connectivity index (χ1n) is 6.28. The molecule has 0 amide bonds. The molecule has 0 atom stereocenters. The van der Waals surface area contributed by atoms with E-state index in [-0.39, 0.29) is 6.61 Å². The van der Waals surface area contributed by atoms with E-state index in [0.717, 1.165) is 17.7 Å². The van der Waals surface area contributed by atoms with E-state index < -0.39 is 0 Å². The number of pyridine rings is 1. The molecule has 1 aromatic carbocycles. The molecule has 0 aliphatic rings. The number of nitrogens with zero attached hydrogens (tertiary/aromatic N) is 1. The Balaban J connectivity index is 2.02. The van der Waals surface area contributed by atoms with E-state index in [2.05, 4.69) is 11.9 Å². The molecule has 1 aromatic heterocycles. The summed E-state index contributed by atoms with van der Waals surface area (Å²) in [6.45, 7) is 2.75. The zero-order chi connectivity index (χ0) is 13.5. The normalized spacial score (nSPS) is 10.2. The highest BCUT2D eigenvalue weighted by atomic mass is 16.5. The summed E-state index contributed by atoms with van der Waals surface area (Å²) in [4.78, 5) is 4.09. The van der Waals surface area contributed by atoms with Crippen LogP contribution >= 0.6 is 0 Å². The Labute approximate surface area is 112 Å². The lowest BCUT2D eigenvalue weighted by molar-refractivity contribution is 0.281. The molecule has 0 bridgehead atoms. The molecule has 19 heavy (non-hydrogen) atoms. The van der Waals surface area contributed by atoms with E-state index in [0.29, 0.717) is 18.2 Å². The van der Waals surface area contributed by atoms with Crippen LogP contribution in [0.4, 0.5) is 0 Å². The molecule has 0 saturated heterocycles. The fraction of sp³-hybridized carbons (Fsp3) is 0.267. The molecule has 0 spiro atoms. The maximum atomic E-state index is 9.05. The first-order valence-corrected chi connectivity index (χ1v) is 6.28. The van der Waals surface area contributed by atoms with Crippen LogP contribution in [0.15, 0.2) is 42.6 Å². The third kappa shape index (κ3) is 3.96. The molecule has 2 rings (SSSR count). The minimum atomic E-state index is -0.0251. The van der Waals surface area contributed by atoms with Crippen LogP contribution in [0.3, 0.4) is 0 Å². The third-order valence-corrected chi connectivity index (χ3v) is 2.50. The predicted octanol–water partition coefficient (Wildman–Crippen LogP) is 3.16. The summed E-state index contributed by atoms with van der Waals surface area (Å²) in [7, 11) is 0. The van der Waals surface area contributed by atoms with Gasteiger partial charge in [-0.15, -0.1) is 0 Å². The smallest absolute Gasteiger partial charge is 0.219 e. The molecule has 1 N–H and O–H groups in total. The average Bonchev–Trinajstić information content (AvgIpc) is 2.47. The summed E-state index contributed by atoms with van der Waals surface area (Å²) < 4.78 is 11.1. The zero-order valence-electron chi connectivity index (χ0n) is 10.9. The van der Waals surface area contributed by atoms with Gasteiger partial charge in [-0.25, -0.2) is 4.98 Å². The Morgan fingerprint density at radius 1 is 1.11 bits per heavy atom. The molecule has 0 aliphatic carbocycles. The maximum absolute atomic E-state index is 9.05. The molecule has 4 heteroatoms. The van der Waals surface area contributed by atoms with E-state index in [9.17, 15) is 0 Å². The van der Waals surface area contributed by atoms with Gasteiger partial charge in [0.1, 0.15) is 11.5 Å². The Kier molecular flexibility index (Phi) is 4.75. The predicted molar refractivity (Wildman–Crippen MR) is 72.5 cm³/mol. The highest BCUT2D eigenvalue weighted by Crippen LogP contribution is 2.23. The Morgan fingerprint density at radius 3 is 2.53 bits per heavy atom. The molecule has 0 unspecified atom stereocenters. The number of hydrogen-bond donors (Lipinski definition) is 1. The van der Waals surface area contributed by atoms with Crippen molar-refractivity contribution in [2.24, 2.45) is 0 Å². The van der Waals surface area contributed by atoms with Crippen molar-refractivity contribution in [2.75, 3.05) is 6.61 Å². The molecule has 4 nitrogen and oxygen atoms in total. The summed E-state index contributed by atoms with van der Waals surface area (Å²) in [5.74, 6) is 1.98. The molecular weight excluding hydrogens is 242 g/mol. The summed E-state index contributed by atoms with van der Waals surface area (Å²) in [5.41, 5.74) is 0.771. The van der Waals surface area contributed by atoms with Gasteiger partial charge in [0.2, 0.25) is 5.88 Å². The highest BCUT2D eigenvalue weighted by Gasteiger charge is 2.01. The molecule has 0 fully saturated rings. The van der Waals surface area contributed by atoms with E-state index in [4.69, 9.17) is 14.6 Å². The number of ether oxygens (including phenoxy) is 2. The number of aliphatic hydroxyl groups excluding tert-OH is 1. The number of aromatic nitrogens is 1. The van der Waals surface area contributed by atoms with Crippen LogP contribution in [0.5, 0.6) is 17.4 Å². The molecule has 2 aromatic rings. The van der Waals surface area contributed by atoms with Gasteiger partial charge < -0.3 is 14.6 Å². The Bertz CT molecular complexity index is 511. The van der Waals surface area contributed by atoms with Gasteiger partial charge in [-0.2, -0.15) is 0 Å². The van der Waals surface area contributed by atoms with Crippen LogP contribution in [0.25, 0.3) is 0 Å². The fourth-order valence-corrected chi connectivity index (χ4v) is 1.55. The lowest BCUT2D eigenvalue weighted by Crippen LogP contribution is -1.95. The van der Waals surface area contributed by atoms with Gasteiger partial charge in [0, 0.05) is 12.3 Å². The van der Waals surface area contributed by atoms with Crippen LogP contribution in [0, 0.1) is 0 Å². The van der Waals surface area contributed by atoms with Gasteiger partial charge in [-0.05, 0) is 42.3 Å². The summed E-state index contributed by atoms with van der Waals surface area (Å²) >= 11 is 0. The van der Waals surface area contributed by atoms with Gasteiger partial charge >= 0.3 is 0 Å². The molecule has 100 valence electrons. The van der Waals surface area contributed by atoms with Crippen LogP contribution in [-0.2, 0) is 6.61 Å². The van der Waals surface area contributed by atoms with Gasteiger partial charge in [0.15, 0.2) is 0 Å². The number of benzene rings is 1. The summed E-state index contributed by atoms with van der Waals surface area (Å²) in [6.07, 6.45) is 2.59. The fourth-order valence-electron chi connectivity index (χ4n) is 1.55. The molecule has 0 radical (unpaired) electrons. The molecular formula is C15H17NO3. The topological polar surface area (TPSA) is 51.6 Å². The number of rotatable bonds is 6. The van der Waals surface area contributed by atoms with Gasteiger partial charge in [0.25, 0.3) is 0 Å². The SMILES string of the molecule is CCCOc1ccc(Oc2cc(CO)ccn2)cc1.